The Morgan fingerprint density at radius 3 is 2.46 bits per heavy atom. The lowest BCUT2D eigenvalue weighted by atomic mass is 9.83. The first kappa shape index (κ1) is 17.1. The highest BCUT2D eigenvalue weighted by Crippen LogP contribution is 2.39. The molecule has 2 amide bonds. The lowest BCUT2D eigenvalue weighted by Gasteiger charge is -2.45. The molecule has 26 heavy (non-hydrogen) atoms. The summed E-state index contributed by atoms with van der Waals surface area (Å²) in [4.78, 5) is 40.1. The maximum atomic E-state index is 12.9. The Labute approximate surface area is 150 Å². The summed E-state index contributed by atoms with van der Waals surface area (Å²) in [6.45, 7) is 0.867. The van der Waals surface area contributed by atoms with Crippen molar-refractivity contribution in [1.82, 2.24) is 9.80 Å². The fourth-order valence-electron chi connectivity index (χ4n) is 4.06. The van der Waals surface area contributed by atoms with Crippen molar-refractivity contribution < 1.29 is 28.6 Å². The molecule has 0 radical (unpaired) electrons. The highest BCUT2D eigenvalue weighted by Gasteiger charge is 2.55. The van der Waals surface area contributed by atoms with E-state index in [0.717, 1.165) is 19.3 Å². The van der Waals surface area contributed by atoms with Crippen LogP contribution in [-0.4, -0.2) is 64.2 Å². The van der Waals surface area contributed by atoms with Crippen LogP contribution in [0.1, 0.15) is 42.7 Å². The molecule has 4 rings (SSSR count). The third kappa shape index (κ3) is 2.68. The van der Waals surface area contributed by atoms with Crippen LogP contribution >= 0.6 is 0 Å². The molecule has 0 aromatic carbocycles. The van der Waals surface area contributed by atoms with Gasteiger partial charge in [0.25, 0.3) is 5.91 Å². The summed E-state index contributed by atoms with van der Waals surface area (Å²) >= 11 is 0. The number of aliphatic carboxylic acids is 1. The Kier molecular flexibility index (Phi) is 4.22. The number of amides is 2. The first-order chi connectivity index (χ1) is 12.5. The zero-order valence-corrected chi connectivity index (χ0v) is 14.4. The second-order valence-electron chi connectivity index (χ2n) is 7.22. The average molecular weight is 362 g/mol. The van der Waals surface area contributed by atoms with E-state index in [1.165, 1.54) is 17.2 Å². The molecule has 3 heterocycles. The van der Waals surface area contributed by atoms with E-state index in [2.05, 4.69) is 0 Å². The van der Waals surface area contributed by atoms with Crippen LogP contribution in [0.4, 0.5) is 0 Å². The van der Waals surface area contributed by atoms with Crippen molar-refractivity contribution >= 4 is 17.8 Å². The maximum Gasteiger partial charge on any atom is 0.328 e. The first-order valence-electron chi connectivity index (χ1n) is 9.04. The van der Waals surface area contributed by atoms with Crippen LogP contribution in [-0.2, 0) is 14.3 Å². The number of nitrogens with zero attached hydrogens (tertiary/aromatic N) is 2. The van der Waals surface area contributed by atoms with Gasteiger partial charge in [-0.3, -0.25) is 14.5 Å². The number of hydrogen-bond donors (Lipinski definition) is 1. The molecule has 1 aromatic rings. The second-order valence-corrected chi connectivity index (χ2v) is 7.22. The van der Waals surface area contributed by atoms with E-state index in [1.807, 2.05) is 4.90 Å². The third-order valence-corrected chi connectivity index (χ3v) is 5.81. The zero-order chi connectivity index (χ0) is 18.3. The van der Waals surface area contributed by atoms with Crippen molar-refractivity contribution in [2.45, 2.75) is 43.9 Å². The van der Waals surface area contributed by atoms with Gasteiger partial charge in [0.2, 0.25) is 5.91 Å². The number of piperidine rings is 1. The van der Waals surface area contributed by atoms with E-state index in [9.17, 15) is 19.5 Å². The monoisotopic (exact) mass is 362 g/mol. The van der Waals surface area contributed by atoms with Gasteiger partial charge >= 0.3 is 5.97 Å². The van der Waals surface area contributed by atoms with Gasteiger partial charge < -0.3 is 19.2 Å². The predicted octanol–water partition coefficient (Wildman–Crippen LogP) is 1.32. The number of carbonyl (C=O) groups is 3. The van der Waals surface area contributed by atoms with E-state index in [0.29, 0.717) is 25.9 Å². The predicted molar refractivity (Wildman–Crippen MR) is 88.1 cm³/mol. The summed E-state index contributed by atoms with van der Waals surface area (Å²) < 4.78 is 11.0. The fraction of sp³-hybridized carbons (Fsp3) is 0.611. The standard InChI is InChI=1S/C18H22N2O6/c21-15(12-3-1-4-12)19-8-6-18(7-9-19)20(13(11-26-18)17(23)24)16(22)14-5-2-10-25-14/h2,5,10,12-13H,1,3-4,6-9,11H2,(H,23,24)/t13-/m0/s1. The SMILES string of the molecule is O=C(O)[C@@H]1COC2(CCN(C(=O)C3CCC3)CC2)N1C(=O)c1ccco1. The molecule has 1 spiro atoms. The third-order valence-electron chi connectivity index (χ3n) is 5.81. The van der Waals surface area contributed by atoms with Gasteiger partial charge in [0.1, 0.15) is 5.72 Å². The molecule has 3 aliphatic rings. The summed E-state index contributed by atoms with van der Waals surface area (Å²) in [5.41, 5.74) is -0.997. The van der Waals surface area contributed by atoms with E-state index in [4.69, 9.17) is 9.15 Å². The van der Waals surface area contributed by atoms with Crippen LogP contribution in [0.2, 0.25) is 0 Å². The molecule has 1 N–H and O–H groups in total. The number of rotatable bonds is 3. The number of carboxylic acid groups (broad SMARTS) is 1. The second kappa shape index (κ2) is 6.42. The number of carboxylic acids is 1. The summed E-state index contributed by atoms with van der Waals surface area (Å²) in [6, 6.07) is 2.05. The van der Waals surface area contributed by atoms with Gasteiger partial charge in [-0.15, -0.1) is 0 Å². The van der Waals surface area contributed by atoms with Gasteiger partial charge in [-0.1, -0.05) is 6.42 Å². The lowest BCUT2D eigenvalue weighted by molar-refractivity contribution is -0.151. The molecule has 0 bridgehead atoms. The number of hydrogen-bond acceptors (Lipinski definition) is 5. The van der Waals surface area contributed by atoms with E-state index in [-0.39, 0.29) is 24.2 Å². The van der Waals surface area contributed by atoms with E-state index in [1.54, 1.807) is 6.07 Å². The Bertz CT molecular complexity index is 703. The molecule has 140 valence electrons. The minimum absolute atomic E-state index is 0.0572. The summed E-state index contributed by atoms with van der Waals surface area (Å²) in [6.07, 6.45) is 5.18. The average Bonchev–Trinajstić information content (AvgIpc) is 3.22. The first-order valence-corrected chi connectivity index (χ1v) is 9.04. The van der Waals surface area contributed by atoms with Crippen molar-refractivity contribution in [2.75, 3.05) is 19.7 Å². The quantitative estimate of drug-likeness (QED) is 0.870. The minimum Gasteiger partial charge on any atom is -0.480 e. The summed E-state index contributed by atoms with van der Waals surface area (Å²) in [5, 5.41) is 9.53. The van der Waals surface area contributed by atoms with Crippen molar-refractivity contribution in [3.63, 3.8) is 0 Å². The highest BCUT2D eigenvalue weighted by molar-refractivity contribution is 5.95. The van der Waals surface area contributed by atoms with Crippen molar-refractivity contribution in [1.29, 1.82) is 0 Å². The van der Waals surface area contributed by atoms with Crippen LogP contribution in [0.25, 0.3) is 0 Å². The number of furan rings is 1. The highest BCUT2D eigenvalue weighted by atomic mass is 16.5. The zero-order valence-electron chi connectivity index (χ0n) is 14.4. The minimum atomic E-state index is -1.10. The van der Waals surface area contributed by atoms with Crippen LogP contribution < -0.4 is 0 Å². The van der Waals surface area contributed by atoms with Crippen LogP contribution in [0.3, 0.4) is 0 Å². The Balaban J connectivity index is 1.53. The number of likely N-dealkylation sites (tertiary alicyclic amines) is 1. The van der Waals surface area contributed by atoms with Crippen LogP contribution in [0.5, 0.6) is 0 Å². The smallest absolute Gasteiger partial charge is 0.328 e. The van der Waals surface area contributed by atoms with E-state index < -0.39 is 23.6 Å². The molecular weight excluding hydrogens is 340 g/mol. The molecule has 1 atom stereocenters. The molecule has 8 nitrogen and oxygen atoms in total. The van der Waals surface area contributed by atoms with Gasteiger partial charge in [0.15, 0.2) is 11.8 Å². The molecule has 8 heteroatoms. The summed E-state index contributed by atoms with van der Waals surface area (Å²) in [5.74, 6) is -1.20. The Morgan fingerprint density at radius 2 is 1.92 bits per heavy atom. The molecule has 3 fully saturated rings. The maximum absolute atomic E-state index is 12.9. The molecule has 1 saturated carbocycles. The lowest BCUT2D eigenvalue weighted by Crippen LogP contribution is -2.59. The largest absolute Gasteiger partial charge is 0.480 e. The van der Waals surface area contributed by atoms with Crippen molar-refractivity contribution in [2.24, 2.45) is 5.92 Å². The molecular formula is C18H22N2O6. The Morgan fingerprint density at radius 1 is 1.19 bits per heavy atom. The van der Waals surface area contributed by atoms with Gasteiger partial charge in [0, 0.05) is 31.8 Å². The molecule has 1 aromatic heterocycles. The molecule has 1 aliphatic carbocycles. The normalized spacial score (nSPS) is 25.3. The van der Waals surface area contributed by atoms with Crippen LogP contribution in [0.15, 0.2) is 22.8 Å². The van der Waals surface area contributed by atoms with Crippen LogP contribution in [0, 0.1) is 5.92 Å². The van der Waals surface area contributed by atoms with Gasteiger partial charge in [0.05, 0.1) is 12.9 Å². The summed E-state index contributed by atoms with van der Waals surface area (Å²) in [7, 11) is 0. The fourth-order valence-corrected chi connectivity index (χ4v) is 4.06. The van der Waals surface area contributed by atoms with Crippen molar-refractivity contribution in [3.8, 4) is 0 Å². The van der Waals surface area contributed by atoms with Gasteiger partial charge in [-0.05, 0) is 25.0 Å². The topological polar surface area (TPSA) is 100 Å². The molecule has 0 unspecified atom stereocenters. The molecule has 2 saturated heterocycles. The molecule has 2 aliphatic heterocycles. The van der Waals surface area contributed by atoms with Crippen molar-refractivity contribution in [3.05, 3.63) is 24.2 Å². The number of carbonyl (C=O) groups excluding carboxylic acids is 2. The number of ether oxygens (including phenoxy) is 1. The Hall–Kier alpha value is -2.35. The van der Waals surface area contributed by atoms with Gasteiger partial charge in [-0.25, -0.2) is 4.79 Å². The van der Waals surface area contributed by atoms with Gasteiger partial charge in [-0.2, -0.15) is 0 Å². The van der Waals surface area contributed by atoms with E-state index >= 15 is 0 Å².